The van der Waals surface area contributed by atoms with Crippen LogP contribution < -0.4 is 0 Å². The highest BCUT2D eigenvalue weighted by Gasteiger charge is 2.12. The van der Waals surface area contributed by atoms with Crippen molar-refractivity contribution in [1.82, 2.24) is 4.98 Å². The van der Waals surface area contributed by atoms with Crippen LogP contribution in [-0.2, 0) is 4.79 Å². The van der Waals surface area contributed by atoms with Crippen LogP contribution in [0.4, 0.5) is 8.78 Å². The zero-order chi connectivity index (χ0) is 17.1. The number of aliphatic carboxylic acids is 1. The molecule has 1 heterocycles. The number of nitrogens with zero attached hydrogens (tertiary/aromatic N) is 1. The van der Waals surface area contributed by atoms with Crippen molar-refractivity contribution in [2.75, 3.05) is 0 Å². The number of carboxylic acid groups (broad SMARTS) is 1. The van der Waals surface area contributed by atoms with Crippen LogP contribution in [0.15, 0.2) is 42.5 Å². The first-order valence-electron chi connectivity index (χ1n) is 7.26. The molecule has 24 heavy (non-hydrogen) atoms. The van der Waals surface area contributed by atoms with E-state index in [2.05, 4.69) is 4.98 Å². The highest BCUT2D eigenvalue weighted by atomic mass is 32.1. The van der Waals surface area contributed by atoms with Gasteiger partial charge in [0, 0.05) is 12.0 Å². The molecule has 0 saturated carbocycles. The van der Waals surface area contributed by atoms with Crippen molar-refractivity contribution < 1.29 is 18.7 Å². The van der Waals surface area contributed by atoms with Gasteiger partial charge in [-0.3, -0.25) is 4.79 Å². The molecule has 0 unspecified atom stereocenters. The Kier molecular flexibility index (Phi) is 4.66. The third-order valence-corrected chi connectivity index (χ3v) is 4.58. The van der Waals surface area contributed by atoms with E-state index in [1.165, 1.54) is 17.4 Å². The second-order valence-corrected chi connectivity index (χ2v) is 6.25. The van der Waals surface area contributed by atoms with Crippen LogP contribution in [-0.4, -0.2) is 16.1 Å². The molecule has 3 rings (SSSR count). The topological polar surface area (TPSA) is 50.2 Å². The predicted octanol–water partition coefficient (Wildman–Crippen LogP) is 4.98. The van der Waals surface area contributed by atoms with Gasteiger partial charge in [-0.25, -0.2) is 13.8 Å². The minimum absolute atomic E-state index is 0.0784. The lowest BCUT2D eigenvalue weighted by molar-refractivity contribution is -0.136. The summed E-state index contributed by atoms with van der Waals surface area (Å²) in [7, 11) is 0. The first kappa shape index (κ1) is 16.3. The van der Waals surface area contributed by atoms with Crippen molar-refractivity contribution in [3.8, 4) is 0 Å². The molecule has 122 valence electrons. The number of benzene rings is 2. The molecule has 0 aliphatic rings. The summed E-state index contributed by atoms with van der Waals surface area (Å²) in [5.74, 6) is -2.07. The summed E-state index contributed by atoms with van der Waals surface area (Å²) in [4.78, 5) is 15.4. The Labute approximate surface area is 140 Å². The third kappa shape index (κ3) is 3.65. The van der Waals surface area contributed by atoms with Gasteiger partial charge in [-0.2, -0.15) is 0 Å². The molecule has 1 aromatic heterocycles. The molecule has 0 atom stereocenters. The van der Waals surface area contributed by atoms with Crippen LogP contribution in [0, 0.1) is 11.6 Å². The number of hydrogen-bond acceptors (Lipinski definition) is 3. The van der Waals surface area contributed by atoms with Gasteiger partial charge in [0.05, 0.1) is 10.2 Å². The van der Waals surface area contributed by atoms with Crippen molar-refractivity contribution in [2.45, 2.75) is 12.8 Å². The minimum Gasteiger partial charge on any atom is -0.481 e. The molecule has 0 bridgehead atoms. The molecule has 0 aliphatic heterocycles. The van der Waals surface area contributed by atoms with Crippen LogP contribution in [0.25, 0.3) is 21.9 Å². The van der Waals surface area contributed by atoms with E-state index in [1.807, 2.05) is 24.3 Å². The summed E-state index contributed by atoms with van der Waals surface area (Å²) in [6.45, 7) is 0. The maximum absolute atomic E-state index is 13.9. The molecule has 0 spiro atoms. The summed E-state index contributed by atoms with van der Waals surface area (Å²) in [5.41, 5.74) is 1.44. The lowest BCUT2D eigenvalue weighted by Gasteiger charge is -2.04. The highest BCUT2D eigenvalue weighted by molar-refractivity contribution is 7.19. The third-order valence-electron chi connectivity index (χ3n) is 3.46. The second kappa shape index (κ2) is 6.88. The molecule has 0 fully saturated rings. The smallest absolute Gasteiger partial charge is 0.303 e. The normalized spacial score (nSPS) is 11.8. The van der Waals surface area contributed by atoms with Gasteiger partial charge in [0.2, 0.25) is 0 Å². The zero-order valence-electron chi connectivity index (χ0n) is 12.5. The number of aromatic nitrogens is 1. The molecular formula is C18H13F2NO2S. The number of hydrogen-bond donors (Lipinski definition) is 1. The van der Waals surface area contributed by atoms with Gasteiger partial charge in [-0.1, -0.05) is 12.1 Å². The van der Waals surface area contributed by atoms with Crippen molar-refractivity contribution in [1.29, 1.82) is 0 Å². The van der Waals surface area contributed by atoms with Crippen molar-refractivity contribution in [3.05, 3.63) is 64.7 Å². The molecular weight excluding hydrogens is 332 g/mol. The number of fused-ring (bicyclic) bond motifs is 1. The van der Waals surface area contributed by atoms with Gasteiger partial charge in [0.25, 0.3) is 0 Å². The number of allylic oxidation sites excluding steroid dienone is 1. The zero-order valence-corrected chi connectivity index (χ0v) is 13.3. The maximum Gasteiger partial charge on any atom is 0.303 e. The fraction of sp³-hybridized carbons (Fsp3) is 0.111. The van der Waals surface area contributed by atoms with Crippen LogP contribution in [0.3, 0.4) is 0 Å². The number of carboxylic acids is 1. The lowest BCUT2D eigenvalue weighted by Crippen LogP contribution is -1.96. The van der Waals surface area contributed by atoms with Gasteiger partial charge >= 0.3 is 5.97 Å². The second-order valence-electron chi connectivity index (χ2n) is 5.22. The Morgan fingerprint density at radius 2 is 1.96 bits per heavy atom. The molecule has 0 saturated heterocycles. The number of thiazole rings is 1. The van der Waals surface area contributed by atoms with Crippen molar-refractivity contribution in [3.63, 3.8) is 0 Å². The fourth-order valence-electron chi connectivity index (χ4n) is 2.30. The van der Waals surface area contributed by atoms with E-state index >= 15 is 0 Å². The van der Waals surface area contributed by atoms with E-state index in [4.69, 9.17) is 5.11 Å². The van der Waals surface area contributed by atoms with Crippen LogP contribution in [0.1, 0.15) is 23.4 Å². The van der Waals surface area contributed by atoms with E-state index in [0.29, 0.717) is 10.6 Å². The SMILES string of the molecule is O=C(O)CC/C(=C\c1cc(F)ccc1F)c1nc2ccccc2s1. The highest BCUT2D eigenvalue weighted by Crippen LogP contribution is 2.31. The summed E-state index contributed by atoms with van der Waals surface area (Å²) in [5, 5.41) is 9.55. The predicted molar refractivity (Wildman–Crippen MR) is 90.7 cm³/mol. The molecule has 0 amide bonds. The van der Waals surface area contributed by atoms with E-state index in [1.54, 1.807) is 0 Å². The van der Waals surface area contributed by atoms with E-state index in [9.17, 15) is 13.6 Å². The Morgan fingerprint density at radius 3 is 2.71 bits per heavy atom. The summed E-state index contributed by atoms with van der Waals surface area (Å²) >= 11 is 1.40. The standard InChI is InChI=1S/C18H13F2NO2S/c19-13-6-7-14(20)12(10-13)9-11(5-8-17(22)23)18-21-15-3-1-2-4-16(15)24-18/h1-4,6-7,9-10H,5,8H2,(H,22,23)/b11-9+. The van der Waals surface area contributed by atoms with E-state index < -0.39 is 17.6 Å². The molecule has 0 radical (unpaired) electrons. The van der Waals surface area contributed by atoms with Gasteiger partial charge in [0.15, 0.2) is 0 Å². The summed E-state index contributed by atoms with van der Waals surface area (Å²) in [6.07, 6.45) is 1.54. The molecule has 6 heteroatoms. The Balaban J connectivity index is 2.06. The Morgan fingerprint density at radius 1 is 1.17 bits per heavy atom. The average molecular weight is 345 g/mol. The first-order valence-corrected chi connectivity index (χ1v) is 8.08. The van der Waals surface area contributed by atoms with Gasteiger partial charge in [-0.05, 0) is 48.4 Å². The number of halogens is 2. The van der Waals surface area contributed by atoms with Crippen LogP contribution in [0.5, 0.6) is 0 Å². The fourth-order valence-corrected chi connectivity index (χ4v) is 3.31. The molecule has 1 N–H and O–H groups in total. The minimum atomic E-state index is -0.957. The van der Waals surface area contributed by atoms with Crippen molar-refractivity contribution in [2.24, 2.45) is 0 Å². The quantitative estimate of drug-likeness (QED) is 0.709. The summed E-state index contributed by atoms with van der Waals surface area (Å²) in [6, 6.07) is 10.7. The molecule has 3 nitrogen and oxygen atoms in total. The molecule has 3 aromatic rings. The maximum atomic E-state index is 13.9. The molecule has 2 aromatic carbocycles. The monoisotopic (exact) mass is 345 g/mol. The average Bonchev–Trinajstić information content (AvgIpc) is 2.98. The number of rotatable bonds is 5. The van der Waals surface area contributed by atoms with Crippen molar-refractivity contribution >= 4 is 39.2 Å². The Hall–Kier alpha value is -2.60. The lowest BCUT2D eigenvalue weighted by atomic mass is 10.1. The number of para-hydroxylation sites is 1. The van der Waals surface area contributed by atoms with Gasteiger partial charge in [-0.15, -0.1) is 11.3 Å². The van der Waals surface area contributed by atoms with Crippen LogP contribution in [0.2, 0.25) is 0 Å². The largest absolute Gasteiger partial charge is 0.481 e. The Bertz CT molecular complexity index is 901. The van der Waals surface area contributed by atoms with Gasteiger partial charge < -0.3 is 5.11 Å². The first-order chi connectivity index (χ1) is 11.5. The van der Waals surface area contributed by atoms with Gasteiger partial charge in [0.1, 0.15) is 16.6 Å². The van der Waals surface area contributed by atoms with E-state index in [0.717, 1.165) is 28.4 Å². The number of carbonyl (C=O) groups is 1. The molecule has 0 aliphatic carbocycles. The summed E-state index contributed by atoms with van der Waals surface area (Å²) < 4.78 is 28.2. The van der Waals surface area contributed by atoms with Crippen LogP contribution >= 0.6 is 11.3 Å². The van der Waals surface area contributed by atoms with E-state index in [-0.39, 0.29) is 18.4 Å².